The van der Waals surface area contributed by atoms with E-state index in [9.17, 15) is 9.59 Å². The van der Waals surface area contributed by atoms with Crippen molar-refractivity contribution in [1.82, 2.24) is 4.90 Å². The van der Waals surface area contributed by atoms with Gasteiger partial charge in [-0.15, -0.1) is 0 Å². The Morgan fingerprint density at radius 1 is 1.26 bits per heavy atom. The zero-order valence-electron chi connectivity index (χ0n) is 12.0. The molecule has 0 bridgehead atoms. The molecule has 0 saturated carbocycles. The highest BCUT2D eigenvalue weighted by Crippen LogP contribution is 2.39. The van der Waals surface area contributed by atoms with Crippen LogP contribution in [0.15, 0.2) is 24.3 Å². The van der Waals surface area contributed by atoms with Crippen molar-refractivity contribution in [2.24, 2.45) is 11.8 Å². The molecule has 1 aromatic rings. The minimum atomic E-state index is -0.161. The number of nitrogens with zero attached hydrogens (tertiary/aromatic N) is 1. The summed E-state index contributed by atoms with van der Waals surface area (Å²) >= 11 is 0. The van der Waals surface area contributed by atoms with E-state index in [0.29, 0.717) is 12.5 Å². The van der Waals surface area contributed by atoms with Gasteiger partial charge in [0, 0.05) is 18.0 Å². The van der Waals surface area contributed by atoms with Crippen LogP contribution in [-0.4, -0.2) is 23.1 Å². The van der Waals surface area contributed by atoms with Crippen molar-refractivity contribution in [2.75, 3.05) is 6.54 Å². The predicted octanol–water partition coefficient (Wildman–Crippen LogP) is 3.06. The van der Waals surface area contributed by atoms with Crippen LogP contribution in [0.5, 0.6) is 0 Å². The fourth-order valence-electron chi connectivity index (χ4n) is 2.75. The summed E-state index contributed by atoms with van der Waals surface area (Å²) in [6, 6.07) is 7.54. The Labute approximate surface area is 114 Å². The fraction of sp³-hybridized carbons (Fsp3) is 0.500. The number of ketones is 1. The maximum atomic E-state index is 12.5. The SMILES string of the molecule is CC(=O)C(C)C1c2ccccc2C(=O)N1CC(C)C. The smallest absolute Gasteiger partial charge is 0.254 e. The number of fused-ring (bicyclic) bond motifs is 1. The van der Waals surface area contributed by atoms with Gasteiger partial charge in [0.15, 0.2) is 0 Å². The molecule has 0 aliphatic carbocycles. The molecule has 3 heteroatoms. The van der Waals surface area contributed by atoms with Crippen molar-refractivity contribution in [2.45, 2.75) is 33.7 Å². The Kier molecular flexibility index (Phi) is 3.74. The average Bonchev–Trinajstić information content (AvgIpc) is 2.62. The third kappa shape index (κ3) is 2.42. The van der Waals surface area contributed by atoms with Gasteiger partial charge in [0.2, 0.25) is 0 Å². The highest BCUT2D eigenvalue weighted by molar-refractivity contribution is 6.00. The molecule has 1 amide bonds. The predicted molar refractivity (Wildman–Crippen MR) is 74.9 cm³/mol. The minimum Gasteiger partial charge on any atom is -0.331 e. The number of Topliss-reactive ketones (excluding diaryl/α,β-unsaturated/α-hetero) is 1. The summed E-state index contributed by atoms with van der Waals surface area (Å²) in [6.07, 6.45) is 0. The molecule has 0 radical (unpaired) electrons. The van der Waals surface area contributed by atoms with Gasteiger partial charge in [-0.05, 0) is 24.5 Å². The number of hydrogen-bond donors (Lipinski definition) is 0. The maximum Gasteiger partial charge on any atom is 0.254 e. The van der Waals surface area contributed by atoms with Crippen LogP contribution in [0, 0.1) is 11.8 Å². The molecule has 1 aliphatic rings. The van der Waals surface area contributed by atoms with Crippen LogP contribution in [-0.2, 0) is 4.79 Å². The summed E-state index contributed by atoms with van der Waals surface area (Å²) in [7, 11) is 0. The molecule has 1 aliphatic heterocycles. The van der Waals surface area contributed by atoms with Gasteiger partial charge in [0.1, 0.15) is 5.78 Å². The normalized spacial score (nSPS) is 19.7. The number of amides is 1. The summed E-state index contributed by atoms with van der Waals surface area (Å²) in [5.41, 5.74) is 1.75. The largest absolute Gasteiger partial charge is 0.331 e. The quantitative estimate of drug-likeness (QED) is 0.833. The summed E-state index contributed by atoms with van der Waals surface area (Å²) in [5, 5.41) is 0. The van der Waals surface area contributed by atoms with Gasteiger partial charge in [-0.2, -0.15) is 0 Å². The van der Waals surface area contributed by atoms with Crippen molar-refractivity contribution in [3.63, 3.8) is 0 Å². The molecule has 19 heavy (non-hydrogen) atoms. The Morgan fingerprint density at radius 3 is 2.47 bits per heavy atom. The molecule has 0 N–H and O–H groups in total. The van der Waals surface area contributed by atoms with Crippen molar-refractivity contribution in [3.8, 4) is 0 Å². The second-order valence-electron chi connectivity index (χ2n) is 5.78. The third-order valence-electron chi connectivity index (χ3n) is 3.78. The van der Waals surface area contributed by atoms with Crippen LogP contribution in [0.3, 0.4) is 0 Å². The van der Waals surface area contributed by atoms with Crippen LogP contribution < -0.4 is 0 Å². The van der Waals surface area contributed by atoms with Gasteiger partial charge in [-0.3, -0.25) is 9.59 Å². The Balaban J connectivity index is 2.45. The number of benzene rings is 1. The lowest BCUT2D eigenvalue weighted by molar-refractivity contribution is -0.122. The highest BCUT2D eigenvalue weighted by atomic mass is 16.2. The summed E-state index contributed by atoms with van der Waals surface area (Å²) < 4.78 is 0. The zero-order chi connectivity index (χ0) is 14.2. The van der Waals surface area contributed by atoms with E-state index in [4.69, 9.17) is 0 Å². The van der Waals surface area contributed by atoms with Crippen LogP contribution >= 0.6 is 0 Å². The van der Waals surface area contributed by atoms with Gasteiger partial charge >= 0.3 is 0 Å². The second-order valence-corrected chi connectivity index (χ2v) is 5.78. The van der Waals surface area contributed by atoms with Gasteiger partial charge < -0.3 is 4.90 Å². The fourth-order valence-corrected chi connectivity index (χ4v) is 2.75. The van der Waals surface area contributed by atoms with Crippen molar-refractivity contribution in [1.29, 1.82) is 0 Å². The van der Waals surface area contributed by atoms with Gasteiger partial charge in [-0.1, -0.05) is 39.0 Å². The van der Waals surface area contributed by atoms with Gasteiger partial charge in [-0.25, -0.2) is 0 Å². The molecule has 3 nitrogen and oxygen atoms in total. The highest BCUT2D eigenvalue weighted by Gasteiger charge is 2.40. The molecule has 0 aromatic heterocycles. The molecule has 2 rings (SSSR count). The Morgan fingerprint density at radius 2 is 1.89 bits per heavy atom. The second kappa shape index (κ2) is 5.16. The van der Waals surface area contributed by atoms with E-state index in [1.807, 2.05) is 36.1 Å². The van der Waals surface area contributed by atoms with Crippen molar-refractivity contribution in [3.05, 3.63) is 35.4 Å². The van der Waals surface area contributed by atoms with Crippen LogP contribution in [0.1, 0.15) is 49.7 Å². The Bertz CT molecular complexity index is 507. The molecular formula is C16H21NO2. The lowest BCUT2D eigenvalue weighted by atomic mass is 9.91. The zero-order valence-corrected chi connectivity index (χ0v) is 12.0. The van der Waals surface area contributed by atoms with Crippen LogP contribution in [0.2, 0.25) is 0 Å². The first-order valence-corrected chi connectivity index (χ1v) is 6.83. The van der Waals surface area contributed by atoms with Crippen LogP contribution in [0.4, 0.5) is 0 Å². The van der Waals surface area contributed by atoms with E-state index in [1.54, 1.807) is 6.92 Å². The average molecular weight is 259 g/mol. The van der Waals surface area contributed by atoms with Crippen molar-refractivity contribution < 1.29 is 9.59 Å². The standard InChI is InChI=1S/C16H21NO2/c1-10(2)9-17-15(11(3)12(4)18)13-7-5-6-8-14(13)16(17)19/h5-8,10-11,15H,9H2,1-4H3. The third-order valence-corrected chi connectivity index (χ3v) is 3.78. The van der Waals surface area contributed by atoms with Crippen molar-refractivity contribution >= 4 is 11.7 Å². The summed E-state index contributed by atoms with van der Waals surface area (Å²) in [4.78, 5) is 26.1. The number of rotatable bonds is 4. The Hall–Kier alpha value is -1.64. The molecule has 2 unspecified atom stereocenters. The first kappa shape index (κ1) is 13.8. The first-order valence-electron chi connectivity index (χ1n) is 6.83. The minimum absolute atomic E-state index is 0.0578. The monoisotopic (exact) mass is 259 g/mol. The summed E-state index contributed by atoms with van der Waals surface area (Å²) in [6.45, 7) is 8.38. The molecule has 0 saturated heterocycles. The molecule has 102 valence electrons. The molecule has 0 spiro atoms. The van der Waals surface area contributed by atoms with E-state index in [1.165, 1.54) is 0 Å². The molecular weight excluding hydrogens is 238 g/mol. The molecule has 1 heterocycles. The van der Waals surface area contributed by atoms with Gasteiger partial charge in [0.25, 0.3) is 5.91 Å². The van der Waals surface area contributed by atoms with Gasteiger partial charge in [0.05, 0.1) is 6.04 Å². The van der Waals surface area contributed by atoms with E-state index >= 15 is 0 Å². The molecule has 1 aromatic carbocycles. The number of carbonyl (C=O) groups is 2. The molecule has 0 fully saturated rings. The number of hydrogen-bond acceptors (Lipinski definition) is 2. The van der Waals surface area contributed by atoms with E-state index < -0.39 is 0 Å². The van der Waals surface area contributed by atoms with Crippen LogP contribution in [0.25, 0.3) is 0 Å². The lowest BCUT2D eigenvalue weighted by Crippen LogP contribution is -2.36. The van der Waals surface area contributed by atoms with E-state index in [0.717, 1.165) is 11.1 Å². The lowest BCUT2D eigenvalue weighted by Gasteiger charge is -2.30. The van der Waals surface area contributed by atoms with E-state index in [-0.39, 0.29) is 23.7 Å². The first-order chi connectivity index (χ1) is 8.93. The maximum absolute atomic E-state index is 12.5. The molecule has 2 atom stereocenters. The topological polar surface area (TPSA) is 37.4 Å². The van der Waals surface area contributed by atoms with E-state index in [2.05, 4.69) is 13.8 Å². The number of carbonyl (C=O) groups excluding carboxylic acids is 2. The summed E-state index contributed by atoms with van der Waals surface area (Å²) in [5.74, 6) is 0.414.